The molecule has 0 unspecified atom stereocenters. The third-order valence-electron chi connectivity index (χ3n) is 3.39. The van der Waals surface area contributed by atoms with E-state index in [1.165, 1.54) is 12.0 Å². The molecule has 0 aromatic heterocycles. The molecule has 2 aromatic rings. The molecular formula is C18H12Cl2N2O3S. The maximum atomic E-state index is 12.8. The highest BCUT2D eigenvalue weighted by molar-refractivity contribution is 8.19. The number of amidine groups is 1. The fourth-order valence-electron chi connectivity index (χ4n) is 2.16. The molecule has 1 fully saturated rings. The Balaban J connectivity index is 2.04. The zero-order valence-electron chi connectivity index (χ0n) is 13.5. The highest BCUT2D eigenvalue weighted by Crippen LogP contribution is 2.36. The topological polar surface area (TPSA) is 59.0 Å². The van der Waals surface area contributed by atoms with Gasteiger partial charge < -0.3 is 4.74 Å². The van der Waals surface area contributed by atoms with Crippen molar-refractivity contribution >= 4 is 63.4 Å². The number of ether oxygens (including phenoxy) is 1. The van der Waals surface area contributed by atoms with E-state index in [0.717, 1.165) is 17.8 Å². The third kappa shape index (κ3) is 4.09. The van der Waals surface area contributed by atoms with Gasteiger partial charge in [0.05, 0.1) is 23.4 Å². The van der Waals surface area contributed by atoms with E-state index in [9.17, 15) is 9.59 Å². The molecule has 0 atom stereocenters. The number of aliphatic imine (C=N–C) groups is 1. The molecule has 0 bridgehead atoms. The van der Waals surface area contributed by atoms with Crippen LogP contribution in [0.4, 0.5) is 11.4 Å². The smallest absolute Gasteiger partial charge is 0.331 e. The minimum Gasteiger partial charge on any atom is -0.466 e. The van der Waals surface area contributed by atoms with Crippen LogP contribution in [-0.2, 0) is 14.3 Å². The molecule has 0 saturated carbocycles. The summed E-state index contributed by atoms with van der Waals surface area (Å²) in [6.07, 6.45) is 1.15. The molecule has 1 aliphatic heterocycles. The standard InChI is InChI=1S/C18H12Cl2N2O3S/c1-25-16(23)10-15-17(24)22(14-8-4-12(20)5-9-14)18(26-15)21-13-6-2-11(19)3-7-13/h2-10H,1H3/b15-10-,21-18+. The van der Waals surface area contributed by atoms with Gasteiger partial charge in [0.2, 0.25) is 0 Å². The first-order chi connectivity index (χ1) is 12.5. The van der Waals surface area contributed by atoms with Crippen molar-refractivity contribution in [3.63, 3.8) is 0 Å². The SMILES string of the molecule is COC(=O)/C=C1\S/C(=N/c2ccc(Cl)cc2)N(c2ccc(Cl)cc2)C1=O. The van der Waals surface area contributed by atoms with E-state index in [2.05, 4.69) is 9.73 Å². The van der Waals surface area contributed by atoms with E-state index in [1.807, 2.05) is 0 Å². The van der Waals surface area contributed by atoms with Gasteiger partial charge in [0.15, 0.2) is 5.17 Å². The summed E-state index contributed by atoms with van der Waals surface area (Å²) in [6, 6.07) is 13.7. The molecule has 132 valence electrons. The third-order valence-corrected chi connectivity index (χ3v) is 4.87. The summed E-state index contributed by atoms with van der Waals surface area (Å²) >= 11 is 12.9. The monoisotopic (exact) mass is 406 g/mol. The molecule has 1 amide bonds. The van der Waals surface area contributed by atoms with Gasteiger partial charge in [-0.2, -0.15) is 0 Å². The molecule has 1 saturated heterocycles. The predicted octanol–water partition coefficient (Wildman–Crippen LogP) is 4.82. The molecule has 0 spiro atoms. The van der Waals surface area contributed by atoms with E-state index >= 15 is 0 Å². The number of carbonyl (C=O) groups excluding carboxylic acids is 2. The van der Waals surface area contributed by atoms with Crippen LogP contribution in [0.3, 0.4) is 0 Å². The van der Waals surface area contributed by atoms with Gasteiger partial charge in [0.25, 0.3) is 5.91 Å². The normalized spacial score (nSPS) is 17.2. The Bertz CT molecular complexity index is 909. The lowest BCUT2D eigenvalue weighted by Crippen LogP contribution is -2.28. The highest BCUT2D eigenvalue weighted by Gasteiger charge is 2.35. The average Bonchev–Trinajstić information content (AvgIpc) is 2.93. The zero-order valence-corrected chi connectivity index (χ0v) is 15.8. The van der Waals surface area contributed by atoms with Crippen LogP contribution in [-0.4, -0.2) is 24.2 Å². The number of benzene rings is 2. The molecule has 3 rings (SSSR count). The summed E-state index contributed by atoms with van der Waals surface area (Å²) < 4.78 is 4.61. The van der Waals surface area contributed by atoms with Crippen LogP contribution in [0.1, 0.15) is 0 Å². The van der Waals surface area contributed by atoms with Crippen molar-refractivity contribution < 1.29 is 14.3 Å². The Morgan fingerprint density at radius 2 is 1.65 bits per heavy atom. The number of rotatable bonds is 3. The molecule has 0 aliphatic carbocycles. The Kier molecular flexibility index (Phi) is 5.66. The summed E-state index contributed by atoms with van der Waals surface area (Å²) in [4.78, 5) is 30.5. The Hall–Kier alpha value is -2.28. The fourth-order valence-corrected chi connectivity index (χ4v) is 3.37. The van der Waals surface area contributed by atoms with Crippen molar-refractivity contribution in [3.8, 4) is 0 Å². The van der Waals surface area contributed by atoms with Crippen LogP contribution in [0.25, 0.3) is 0 Å². The molecule has 0 radical (unpaired) electrons. The number of methoxy groups -OCH3 is 1. The average molecular weight is 407 g/mol. The van der Waals surface area contributed by atoms with Crippen LogP contribution in [0.2, 0.25) is 10.0 Å². The van der Waals surface area contributed by atoms with Crippen molar-refractivity contribution in [3.05, 3.63) is 69.6 Å². The van der Waals surface area contributed by atoms with Crippen LogP contribution in [0.15, 0.2) is 64.5 Å². The minimum atomic E-state index is -0.607. The van der Waals surface area contributed by atoms with Gasteiger partial charge in [-0.3, -0.25) is 9.69 Å². The van der Waals surface area contributed by atoms with Crippen LogP contribution < -0.4 is 4.90 Å². The second kappa shape index (κ2) is 7.95. The van der Waals surface area contributed by atoms with E-state index in [1.54, 1.807) is 48.5 Å². The molecular weight excluding hydrogens is 395 g/mol. The van der Waals surface area contributed by atoms with E-state index in [0.29, 0.717) is 26.6 Å². The number of nitrogens with zero attached hydrogens (tertiary/aromatic N) is 2. The molecule has 26 heavy (non-hydrogen) atoms. The molecule has 1 heterocycles. The van der Waals surface area contributed by atoms with Gasteiger partial charge in [-0.15, -0.1) is 0 Å². The number of hydrogen-bond acceptors (Lipinski definition) is 5. The van der Waals surface area contributed by atoms with Crippen LogP contribution in [0, 0.1) is 0 Å². The number of esters is 1. The first kappa shape index (κ1) is 18.5. The summed E-state index contributed by atoms with van der Waals surface area (Å²) in [5, 5.41) is 1.55. The summed E-state index contributed by atoms with van der Waals surface area (Å²) in [6.45, 7) is 0. The van der Waals surface area contributed by atoms with Crippen molar-refractivity contribution in [2.75, 3.05) is 12.0 Å². The van der Waals surface area contributed by atoms with Crippen molar-refractivity contribution in [1.29, 1.82) is 0 Å². The summed E-state index contributed by atoms with van der Waals surface area (Å²) in [5.74, 6) is -0.972. The summed E-state index contributed by atoms with van der Waals surface area (Å²) in [7, 11) is 1.25. The van der Waals surface area contributed by atoms with Crippen LogP contribution >= 0.6 is 35.0 Å². The first-order valence-corrected chi connectivity index (χ1v) is 8.97. The van der Waals surface area contributed by atoms with Crippen molar-refractivity contribution in [2.24, 2.45) is 4.99 Å². The lowest BCUT2D eigenvalue weighted by molar-refractivity contribution is -0.135. The maximum absolute atomic E-state index is 12.8. The molecule has 0 N–H and O–H groups in total. The maximum Gasteiger partial charge on any atom is 0.331 e. The van der Waals surface area contributed by atoms with Gasteiger partial charge in [-0.1, -0.05) is 23.2 Å². The van der Waals surface area contributed by atoms with Gasteiger partial charge in [-0.25, -0.2) is 9.79 Å². The minimum absolute atomic E-state index is 0.222. The quantitative estimate of drug-likeness (QED) is 0.541. The largest absolute Gasteiger partial charge is 0.466 e. The second-order valence-corrected chi connectivity index (χ2v) is 7.00. The van der Waals surface area contributed by atoms with E-state index in [-0.39, 0.29) is 10.8 Å². The van der Waals surface area contributed by atoms with Gasteiger partial charge in [0, 0.05) is 16.1 Å². The lowest BCUT2D eigenvalue weighted by atomic mass is 10.3. The zero-order chi connectivity index (χ0) is 18.7. The Morgan fingerprint density at radius 3 is 2.23 bits per heavy atom. The molecule has 1 aliphatic rings. The van der Waals surface area contributed by atoms with E-state index in [4.69, 9.17) is 23.2 Å². The van der Waals surface area contributed by atoms with Crippen molar-refractivity contribution in [2.45, 2.75) is 0 Å². The second-order valence-electron chi connectivity index (χ2n) is 5.12. The number of amides is 1. The number of halogens is 2. The predicted molar refractivity (Wildman–Crippen MR) is 105 cm³/mol. The van der Waals surface area contributed by atoms with Crippen molar-refractivity contribution in [1.82, 2.24) is 0 Å². The lowest BCUT2D eigenvalue weighted by Gasteiger charge is -2.15. The number of thioether (sulfide) groups is 1. The van der Waals surface area contributed by atoms with Crippen LogP contribution in [0.5, 0.6) is 0 Å². The van der Waals surface area contributed by atoms with Gasteiger partial charge in [0.1, 0.15) is 0 Å². The number of hydrogen-bond donors (Lipinski definition) is 0. The fraction of sp³-hybridized carbons (Fsp3) is 0.0556. The van der Waals surface area contributed by atoms with Gasteiger partial charge >= 0.3 is 5.97 Å². The highest BCUT2D eigenvalue weighted by atomic mass is 35.5. The number of carbonyl (C=O) groups is 2. The molecule has 8 heteroatoms. The van der Waals surface area contributed by atoms with E-state index < -0.39 is 5.97 Å². The Morgan fingerprint density at radius 1 is 1.08 bits per heavy atom. The number of anilines is 1. The summed E-state index contributed by atoms with van der Waals surface area (Å²) in [5.41, 5.74) is 1.22. The molecule has 2 aromatic carbocycles. The molecule has 5 nitrogen and oxygen atoms in total. The van der Waals surface area contributed by atoms with Gasteiger partial charge in [-0.05, 0) is 60.3 Å². The first-order valence-electron chi connectivity index (χ1n) is 7.39. The Labute approximate surface area is 164 Å².